The second-order valence-electron chi connectivity index (χ2n) is 4.29. The van der Waals surface area contributed by atoms with Crippen molar-refractivity contribution in [1.29, 1.82) is 0 Å². The molecule has 0 fully saturated rings. The predicted octanol–water partition coefficient (Wildman–Crippen LogP) is 2.76. The Kier molecular flexibility index (Phi) is 3.23. The van der Waals surface area contributed by atoms with Gasteiger partial charge in [0.1, 0.15) is 10.8 Å². The van der Waals surface area contributed by atoms with Crippen molar-refractivity contribution in [3.63, 3.8) is 0 Å². The summed E-state index contributed by atoms with van der Waals surface area (Å²) in [6.07, 6.45) is 1.37. The number of rotatable bonds is 3. The summed E-state index contributed by atoms with van der Waals surface area (Å²) in [4.78, 5) is 15.7. The van der Waals surface area contributed by atoms with Gasteiger partial charge in [-0.1, -0.05) is 23.7 Å². The van der Waals surface area contributed by atoms with Gasteiger partial charge in [-0.15, -0.1) is 0 Å². The van der Waals surface area contributed by atoms with Gasteiger partial charge >= 0.3 is 5.97 Å². The number of carboxylic acid groups (broad SMARTS) is 1. The van der Waals surface area contributed by atoms with Crippen LogP contribution in [0.1, 0.15) is 10.5 Å². The van der Waals surface area contributed by atoms with Crippen molar-refractivity contribution in [1.82, 2.24) is 14.6 Å². The number of carbonyl (C=O) groups is 1. The Morgan fingerprint density at radius 3 is 2.90 bits per heavy atom. The maximum absolute atomic E-state index is 11.4. The Morgan fingerprint density at radius 1 is 1.38 bits per heavy atom. The van der Waals surface area contributed by atoms with E-state index in [0.29, 0.717) is 22.1 Å². The third-order valence-corrected chi connectivity index (χ3v) is 3.28. The van der Waals surface area contributed by atoms with Gasteiger partial charge in [0, 0.05) is 5.56 Å². The smallest absolute Gasteiger partial charge is 0.354 e. The van der Waals surface area contributed by atoms with Gasteiger partial charge in [0.25, 0.3) is 0 Å². The molecule has 0 aliphatic heterocycles. The number of hydrogen-bond acceptors (Lipinski definition) is 4. The fourth-order valence-corrected chi connectivity index (χ4v) is 2.18. The topological polar surface area (TPSA) is 76.7 Å². The van der Waals surface area contributed by atoms with Gasteiger partial charge in [-0.25, -0.2) is 14.3 Å². The summed E-state index contributed by atoms with van der Waals surface area (Å²) in [6.45, 7) is 0. The summed E-state index contributed by atoms with van der Waals surface area (Å²) in [5, 5.41) is 13.5. The number of benzene rings is 1. The van der Waals surface area contributed by atoms with E-state index in [2.05, 4.69) is 10.1 Å². The van der Waals surface area contributed by atoms with Crippen LogP contribution in [0.5, 0.6) is 5.75 Å². The minimum atomic E-state index is -1.11. The Balaban J connectivity index is 2.27. The highest BCUT2D eigenvalue weighted by molar-refractivity contribution is 6.33. The molecule has 0 spiro atoms. The zero-order chi connectivity index (χ0) is 15.0. The number of aromatic nitrogens is 3. The normalized spacial score (nSPS) is 10.8. The molecule has 0 unspecified atom stereocenters. The predicted molar refractivity (Wildman–Crippen MR) is 76.9 cm³/mol. The molecule has 0 saturated heterocycles. The number of ether oxygens (including phenoxy) is 1. The lowest BCUT2D eigenvalue weighted by atomic mass is 10.1. The van der Waals surface area contributed by atoms with Crippen molar-refractivity contribution >= 4 is 23.2 Å². The van der Waals surface area contributed by atoms with Crippen LogP contribution in [-0.2, 0) is 0 Å². The lowest BCUT2D eigenvalue weighted by molar-refractivity contribution is 0.0687. The van der Waals surface area contributed by atoms with Crippen LogP contribution >= 0.6 is 11.6 Å². The van der Waals surface area contributed by atoms with Gasteiger partial charge in [0.2, 0.25) is 0 Å². The minimum absolute atomic E-state index is 0.00952. The van der Waals surface area contributed by atoms with Crippen LogP contribution in [0.15, 0.2) is 36.5 Å². The number of halogens is 1. The highest BCUT2D eigenvalue weighted by Gasteiger charge is 2.16. The highest BCUT2D eigenvalue weighted by Crippen LogP contribution is 2.25. The molecule has 0 aliphatic carbocycles. The Labute approximate surface area is 124 Å². The summed E-state index contributed by atoms with van der Waals surface area (Å²) in [5.74, 6) is -0.447. The van der Waals surface area contributed by atoms with E-state index in [9.17, 15) is 9.90 Å². The summed E-state index contributed by atoms with van der Waals surface area (Å²) < 4.78 is 6.37. The van der Waals surface area contributed by atoms with Crippen molar-refractivity contribution < 1.29 is 14.6 Å². The molecule has 2 aromatic heterocycles. The SMILES string of the molecule is COc1cccc(-c2cc(C(=O)O)n3ncc(Cl)c3n2)c1. The molecular formula is C14H10ClN3O3. The molecule has 2 heterocycles. The molecule has 21 heavy (non-hydrogen) atoms. The van der Waals surface area contributed by atoms with E-state index in [-0.39, 0.29) is 5.69 Å². The van der Waals surface area contributed by atoms with Crippen LogP contribution in [0, 0.1) is 0 Å². The number of carboxylic acids is 1. The van der Waals surface area contributed by atoms with E-state index in [1.807, 2.05) is 6.07 Å². The largest absolute Gasteiger partial charge is 0.497 e. The molecule has 0 saturated carbocycles. The molecule has 0 atom stereocenters. The number of aromatic carboxylic acids is 1. The first-order valence-electron chi connectivity index (χ1n) is 6.02. The molecule has 3 aromatic rings. The molecule has 6 nitrogen and oxygen atoms in total. The summed E-state index contributed by atoms with van der Waals surface area (Å²) in [5.41, 5.74) is 1.51. The quantitative estimate of drug-likeness (QED) is 0.805. The number of hydrogen-bond donors (Lipinski definition) is 1. The molecule has 7 heteroatoms. The van der Waals surface area contributed by atoms with Gasteiger partial charge in [0.05, 0.1) is 19.0 Å². The van der Waals surface area contributed by atoms with Gasteiger partial charge in [-0.2, -0.15) is 5.10 Å². The van der Waals surface area contributed by atoms with Crippen molar-refractivity contribution in [2.75, 3.05) is 7.11 Å². The number of nitrogens with zero attached hydrogens (tertiary/aromatic N) is 3. The lowest BCUT2D eigenvalue weighted by Gasteiger charge is -2.07. The van der Waals surface area contributed by atoms with Crippen molar-refractivity contribution in [2.24, 2.45) is 0 Å². The summed E-state index contributed by atoms with van der Waals surface area (Å²) in [6, 6.07) is 8.64. The van der Waals surface area contributed by atoms with Gasteiger partial charge in [-0.3, -0.25) is 0 Å². The zero-order valence-corrected chi connectivity index (χ0v) is 11.7. The Bertz CT molecular complexity index is 845. The van der Waals surface area contributed by atoms with E-state index in [1.165, 1.54) is 16.8 Å². The van der Waals surface area contributed by atoms with Crippen LogP contribution in [0.3, 0.4) is 0 Å². The average molecular weight is 304 g/mol. The molecule has 3 rings (SSSR count). The fraction of sp³-hybridized carbons (Fsp3) is 0.0714. The molecular weight excluding hydrogens is 294 g/mol. The maximum Gasteiger partial charge on any atom is 0.354 e. The highest BCUT2D eigenvalue weighted by atomic mass is 35.5. The first kappa shape index (κ1) is 13.4. The second-order valence-corrected chi connectivity index (χ2v) is 4.70. The summed E-state index contributed by atoms with van der Waals surface area (Å²) in [7, 11) is 1.56. The van der Waals surface area contributed by atoms with Gasteiger partial charge in [-0.05, 0) is 18.2 Å². The molecule has 1 N–H and O–H groups in total. The van der Waals surface area contributed by atoms with Crippen molar-refractivity contribution in [2.45, 2.75) is 0 Å². The van der Waals surface area contributed by atoms with Crippen LogP contribution in [0.2, 0.25) is 5.02 Å². The van der Waals surface area contributed by atoms with Gasteiger partial charge in [0.15, 0.2) is 11.3 Å². The number of methoxy groups -OCH3 is 1. The van der Waals surface area contributed by atoms with Crippen LogP contribution < -0.4 is 4.74 Å². The van der Waals surface area contributed by atoms with Crippen LogP contribution in [0.4, 0.5) is 0 Å². The molecule has 106 valence electrons. The molecule has 0 radical (unpaired) electrons. The molecule has 0 aliphatic rings. The third-order valence-electron chi connectivity index (χ3n) is 3.01. The van der Waals surface area contributed by atoms with E-state index in [4.69, 9.17) is 16.3 Å². The monoisotopic (exact) mass is 303 g/mol. The minimum Gasteiger partial charge on any atom is -0.497 e. The molecule has 0 bridgehead atoms. The van der Waals surface area contributed by atoms with Crippen molar-refractivity contribution in [3.05, 3.63) is 47.2 Å². The number of fused-ring (bicyclic) bond motifs is 1. The summed E-state index contributed by atoms with van der Waals surface area (Å²) >= 11 is 6.00. The first-order chi connectivity index (χ1) is 10.1. The van der Waals surface area contributed by atoms with Crippen molar-refractivity contribution in [3.8, 4) is 17.0 Å². The average Bonchev–Trinajstić information content (AvgIpc) is 2.88. The van der Waals surface area contributed by atoms with Gasteiger partial charge < -0.3 is 9.84 Å². The third kappa shape index (κ3) is 2.30. The standard InChI is InChI=1S/C14H10ClN3O3/c1-21-9-4-2-3-8(5-9)11-6-12(14(19)20)18-13(17-11)10(15)7-16-18/h2-7H,1H3,(H,19,20). The molecule has 1 aromatic carbocycles. The first-order valence-corrected chi connectivity index (χ1v) is 6.40. The Hall–Kier alpha value is -2.60. The van der Waals surface area contributed by atoms with Crippen LogP contribution in [-0.4, -0.2) is 32.8 Å². The lowest BCUT2D eigenvalue weighted by Crippen LogP contribution is -2.08. The van der Waals surface area contributed by atoms with E-state index in [0.717, 1.165) is 5.56 Å². The maximum atomic E-state index is 11.4. The van der Waals surface area contributed by atoms with E-state index in [1.54, 1.807) is 25.3 Å². The molecule has 0 amide bonds. The van der Waals surface area contributed by atoms with E-state index < -0.39 is 5.97 Å². The fourth-order valence-electron chi connectivity index (χ4n) is 2.02. The van der Waals surface area contributed by atoms with E-state index >= 15 is 0 Å². The second kappa shape index (κ2) is 5.06. The van der Waals surface area contributed by atoms with Crippen LogP contribution in [0.25, 0.3) is 16.9 Å². The Morgan fingerprint density at radius 2 is 2.19 bits per heavy atom. The zero-order valence-electron chi connectivity index (χ0n) is 10.9.